The fraction of sp³-hybridized carbons (Fsp3) is 0.130. The molecule has 140 valence electrons. The van der Waals surface area contributed by atoms with Gasteiger partial charge in [0.15, 0.2) is 0 Å². The average Bonchev–Trinajstić information content (AvgIpc) is 2.98. The van der Waals surface area contributed by atoms with Crippen LogP contribution in [0.4, 0.5) is 0 Å². The summed E-state index contributed by atoms with van der Waals surface area (Å²) in [7, 11) is 1.36. The van der Waals surface area contributed by atoms with Gasteiger partial charge in [-0.05, 0) is 67.4 Å². The summed E-state index contributed by atoms with van der Waals surface area (Å²) in [6.45, 7) is 3.97. The van der Waals surface area contributed by atoms with Gasteiger partial charge < -0.3 is 9.30 Å². The molecule has 0 radical (unpaired) electrons. The van der Waals surface area contributed by atoms with Gasteiger partial charge in [-0.15, -0.1) is 0 Å². The van der Waals surface area contributed by atoms with Crippen LogP contribution in [-0.4, -0.2) is 17.6 Å². The second-order valence-electron chi connectivity index (χ2n) is 6.38. The Morgan fingerprint density at radius 1 is 1.11 bits per heavy atom. The molecule has 4 nitrogen and oxygen atoms in total. The van der Waals surface area contributed by atoms with Gasteiger partial charge in [0.25, 0.3) is 0 Å². The third-order valence-electron chi connectivity index (χ3n) is 4.55. The molecule has 0 saturated heterocycles. The first-order valence-electron chi connectivity index (χ1n) is 8.70. The summed E-state index contributed by atoms with van der Waals surface area (Å²) in [6, 6.07) is 18.8. The lowest BCUT2D eigenvalue weighted by atomic mass is 10.0. The number of carbonyl (C=O) groups excluding carboxylic acids is 1. The highest BCUT2D eigenvalue weighted by Gasteiger charge is 2.13. The number of methoxy groups -OCH3 is 1. The van der Waals surface area contributed by atoms with E-state index in [1.54, 1.807) is 24.3 Å². The van der Waals surface area contributed by atoms with E-state index in [1.807, 2.05) is 54.8 Å². The van der Waals surface area contributed by atoms with Crippen LogP contribution in [0.15, 0.2) is 54.6 Å². The highest BCUT2D eigenvalue weighted by atomic mass is 35.5. The largest absolute Gasteiger partial charge is 0.465 e. The van der Waals surface area contributed by atoms with Gasteiger partial charge in [0.1, 0.15) is 0 Å². The number of carbonyl (C=O) groups is 1. The first kappa shape index (κ1) is 19.5. The van der Waals surface area contributed by atoms with Gasteiger partial charge in [0.2, 0.25) is 0 Å². The third-order valence-corrected chi connectivity index (χ3v) is 4.79. The molecule has 0 saturated carbocycles. The van der Waals surface area contributed by atoms with Crippen molar-refractivity contribution in [3.63, 3.8) is 0 Å². The minimum atomic E-state index is -0.378. The standard InChI is InChI=1S/C23H19ClN2O2/c1-15-10-19(11-20(14-25)17-6-4-8-21(24)12-17)16(2)26(15)22-9-5-7-18(13-22)23(27)28-3/h4-13H,1-3H3/b20-11-. The number of hydrogen-bond donors (Lipinski definition) is 0. The van der Waals surface area contributed by atoms with Crippen LogP contribution in [0.25, 0.3) is 17.3 Å². The van der Waals surface area contributed by atoms with Gasteiger partial charge in [-0.3, -0.25) is 0 Å². The minimum absolute atomic E-state index is 0.378. The fourth-order valence-corrected chi connectivity index (χ4v) is 3.40. The van der Waals surface area contributed by atoms with Crippen molar-refractivity contribution in [2.45, 2.75) is 13.8 Å². The molecular weight excluding hydrogens is 372 g/mol. The molecule has 0 atom stereocenters. The number of nitriles is 1. The Morgan fingerprint density at radius 3 is 2.50 bits per heavy atom. The predicted molar refractivity (Wildman–Crippen MR) is 112 cm³/mol. The molecule has 0 unspecified atom stereocenters. The van der Waals surface area contributed by atoms with E-state index in [4.69, 9.17) is 16.3 Å². The number of aromatic nitrogens is 1. The van der Waals surface area contributed by atoms with E-state index >= 15 is 0 Å². The topological polar surface area (TPSA) is 55.0 Å². The summed E-state index contributed by atoms with van der Waals surface area (Å²) < 4.78 is 6.86. The molecule has 1 aromatic heterocycles. The van der Waals surface area contributed by atoms with E-state index in [0.29, 0.717) is 16.2 Å². The highest BCUT2D eigenvalue weighted by Crippen LogP contribution is 2.26. The molecule has 0 fully saturated rings. The summed E-state index contributed by atoms with van der Waals surface area (Å²) in [5.41, 5.74) is 5.54. The van der Waals surface area contributed by atoms with E-state index < -0.39 is 0 Å². The molecular formula is C23H19ClN2O2. The number of rotatable bonds is 4. The number of aryl methyl sites for hydroxylation is 1. The lowest BCUT2D eigenvalue weighted by Crippen LogP contribution is -2.04. The molecule has 0 bridgehead atoms. The van der Waals surface area contributed by atoms with Crippen LogP contribution in [0.2, 0.25) is 5.02 Å². The molecule has 1 heterocycles. The number of hydrogen-bond acceptors (Lipinski definition) is 3. The summed E-state index contributed by atoms with van der Waals surface area (Å²) >= 11 is 6.06. The van der Waals surface area contributed by atoms with Crippen molar-refractivity contribution < 1.29 is 9.53 Å². The van der Waals surface area contributed by atoms with Crippen LogP contribution in [0, 0.1) is 25.2 Å². The smallest absolute Gasteiger partial charge is 0.337 e. The van der Waals surface area contributed by atoms with Crippen molar-refractivity contribution in [1.82, 2.24) is 4.57 Å². The van der Waals surface area contributed by atoms with E-state index in [1.165, 1.54) is 7.11 Å². The molecule has 0 aliphatic carbocycles. The van der Waals surface area contributed by atoms with Crippen molar-refractivity contribution in [2.24, 2.45) is 0 Å². The molecule has 2 aromatic carbocycles. The number of nitrogens with zero attached hydrogens (tertiary/aromatic N) is 2. The lowest BCUT2D eigenvalue weighted by molar-refractivity contribution is 0.0600. The van der Waals surface area contributed by atoms with Gasteiger partial charge >= 0.3 is 5.97 Å². The molecule has 0 amide bonds. The van der Waals surface area contributed by atoms with Gasteiger partial charge in [-0.1, -0.05) is 29.8 Å². The van der Waals surface area contributed by atoms with E-state index in [-0.39, 0.29) is 5.97 Å². The van der Waals surface area contributed by atoms with Gasteiger partial charge in [-0.2, -0.15) is 5.26 Å². The van der Waals surface area contributed by atoms with Crippen molar-refractivity contribution in [1.29, 1.82) is 5.26 Å². The van der Waals surface area contributed by atoms with Crippen molar-refractivity contribution in [3.05, 3.63) is 87.7 Å². The summed E-state index contributed by atoms with van der Waals surface area (Å²) in [4.78, 5) is 11.9. The second-order valence-corrected chi connectivity index (χ2v) is 6.82. The number of esters is 1. The first-order chi connectivity index (χ1) is 13.4. The Kier molecular flexibility index (Phi) is 5.67. The third kappa shape index (κ3) is 3.85. The van der Waals surface area contributed by atoms with E-state index in [2.05, 4.69) is 6.07 Å². The first-order valence-corrected chi connectivity index (χ1v) is 9.08. The van der Waals surface area contributed by atoms with Gasteiger partial charge in [0.05, 0.1) is 24.3 Å². The summed E-state index contributed by atoms with van der Waals surface area (Å²) in [5, 5.41) is 10.2. The maximum atomic E-state index is 11.9. The van der Waals surface area contributed by atoms with Crippen molar-refractivity contribution in [3.8, 4) is 11.8 Å². The van der Waals surface area contributed by atoms with Crippen LogP contribution in [0.5, 0.6) is 0 Å². The second kappa shape index (κ2) is 8.16. The number of ether oxygens (including phenoxy) is 1. The summed E-state index contributed by atoms with van der Waals surface area (Å²) in [6.07, 6.45) is 1.86. The van der Waals surface area contributed by atoms with Crippen molar-refractivity contribution >= 4 is 29.2 Å². The molecule has 5 heteroatoms. The van der Waals surface area contributed by atoms with E-state index in [9.17, 15) is 10.1 Å². The van der Waals surface area contributed by atoms with Gasteiger partial charge in [-0.25, -0.2) is 4.79 Å². The monoisotopic (exact) mass is 390 g/mol. The van der Waals surface area contributed by atoms with Crippen LogP contribution in [0.3, 0.4) is 0 Å². The Bertz CT molecular complexity index is 1120. The highest BCUT2D eigenvalue weighted by molar-refractivity contribution is 6.30. The average molecular weight is 391 g/mol. The van der Waals surface area contributed by atoms with Crippen LogP contribution < -0.4 is 0 Å². The predicted octanol–water partition coefficient (Wildman–Crippen LogP) is 5.60. The Hall–Kier alpha value is -3.29. The number of allylic oxidation sites excluding steroid dienone is 1. The van der Waals surface area contributed by atoms with Crippen LogP contribution in [0.1, 0.15) is 32.9 Å². The number of benzene rings is 2. The van der Waals surface area contributed by atoms with Crippen molar-refractivity contribution in [2.75, 3.05) is 7.11 Å². The zero-order chi connectivity index (χ0) is 20.3. The Morgan fingerprint density at radius 2 is 1.82 bits per heavy atom. The van der Waals surface area contributed by atoms with E-state index in [0.717, 1.165) is 28.2 Å². The zero-order valence-corrected chi connectivity index (χ0v) is 16.6. The van der Waals surface area contributed by atoms with Crippen LogP contribution >= 0.6 is 11.6 Å². The molecule has 3 aromatic rings. The quantitative estimate of drug-likeness (QED) is 0.430. The maximum Gasteiger partial charge on any atom is 0.337 e. The lowest BCUT2D eigenvalue weighted by Gasteiger charge is -2.11. The molecule has 3 rings (SSSR count). The van der Waals surface area contributed by atoms with Crippen LogP contribution in [-0.2, 0) is 4.74 Å². The fourth-order valence-electron chi connectivity index (χ4n) is 3.21. The van der Waals surface area contributed by atoms with Gasteiger partial charge in [0, 0.05) is 22.1 Å². The SMILES string of the molecule is COC(=O)c1cccc(-n2c(C)cc(/C=C(/C#N)c3cccc(Cl)c3)c2C)c1. The molecule has 0 N–H and O–H groups in total. The molecule has 0 aliphatic rings. The Balaban J connectivity index is 2.08. The molecule has 0 spiro atoms. The normalized spacial score (nSPS) is 11.2. The summed E-state index contributed by atoms with van der Waals surface area (Å²) in [5.74, 6) is -0.378. The maximum absolute atomic E-state index is 11.9. The zero-order valence-electron chi connectivity index (χ0n) is 15.9. The number of halogens is 1. The Labute approximate surface area is 169 Å². The molecule has 28 heavy (non-hydrogen) atoms. The molecule has 0 aliphatic heterocycles. The minimum Gasteiger partial charge on any atom is -0.465 e.